The van der Waals surface area contributed by atoms with Gasteiger partial charge in [-0.05, 0) is 48.5 Å². The van der Waals surface area contributed by atoms with Crippen LogP contribution < -0.4 is 14.8 Å². The first-order valence-corrected chi connectivity index (χ1v) is 12.6. The lowest BCUT2D eigenvalue weighted by atomic mass is 10.1. The van der Waals surface area contributed by atoms with E-state index in [0.29, 0.717) is 53.5 Å². The molecule has 2 heterocycles. The average Bonchev–Trinajstić information content (AvgIpc) is 2.84. The second-order valence-corrected chi connectivity index (χ2v) is 10.4. The molecule has 1 fully saturated rings. The third-order valence-electron chi connectivity index (χ3n) is 6.03. The van der Waals surface area contributed by atoms with Crippen molar-refractivity contribution in [2.45, 2.75) is 9.79 Å². The van der Waals surface area contributed by atoms with Crippen molar-refractivity contribution in [3.63, 3.8) is 0 Å². The van der Waals surface area contributed by atoms with Crippen LogP contribution in [-0.4, -0.2) is 34.6 Å². The van der Waals surface area contributed by atoms with E-state index in [1.54, 1.807) is 24.3 Å². The van der Waals surface area contributed by atoms with E-state index in [-0.39, 0.29) is 15.6 Å². The number of sulfone groups is 1. The third kappa shape index (κ3) is 4.08. The van der Waals surface area contributed by atoms with E-state index in [1.807, 2.05) is 9.80 Å². The zero-order valence-electron chi connectivity index (χ0n) is 18.0. The van der Waals surface area contributed by atoms with Gasteiger partial charge in [0.1, 0.15) is 11.6 Å². The molecule has 34 heavy (non-hydrogen) atoms. The highest BCUT2D eigenvalue weighted by molar-refractivity contribution is 7.91. The number of H-pyrrole nitrogens is 1. The Balaban J connectivity index is 1.59. The Kier molecular flexibility index (Phi) is 5.87. The smallest absolute Gasteiger partial charge is 0.214 e. The molecule has 0 aliphatic carbocycles. The summed E-state index contributed by atoms with van der Waals surface area (Å²) in [6.45, 7) is 1.84. The highest BCUT2D eigenvalue weighted by atomic mass is 35.5. The van der Waals surface area contributed by atoms with Crippen LogP contribution in [0.4, 0.5) is 20.2 Å². The van der Waals surface area contributed by atoms with E-state index in [2.05, 4.69) is 4.98 Å². The summed E-state index contributed by atoms with van der Waals surface area (Å²) in [6.07, 6.45) is 1.45. The summed E-state index contributed by atoms with van der Waals surface area (Å²) in [5.41, 5.74) is 1.55. The maximum absolute atomic E-state index is 14.3. The van der Waals surface area contributed by atoms with Gasteiger partial charge in [0.2, 0.25) is 15.4 Å². The number of pyridine rings is 1. The fourth-order valence-corrected chi connectivity index (χ4v) is 5.92. The van der Waals surface area contributed by atoms with Gasteiger partial charge in [-0.15, -0.1) is 0 Å². The Hall–Kier alpha value is -3.23. The number of para-hydroxylation sites is 1. The van der Waals surface area contributed by atoms with Crippen molar-refractivity contribution in [3.05, 3.63) is 89.6 Å². The number of halogens is 3. The van der Waals surface area contributed by atoms with Crippen LogP contribution in [0.2, 0.25) is 5.02 Å². The predicted octanol–water partition coefficient (Wildman–Crippen LogP) is 4.74. The molecule has 1 aromatic heterocycles. The number of aromatic nitrogens is 1. The topological polar surface area (TPSA) is 54.8 Å². The molecule has 3 aromatic carbocycles. The monoisotopic (exact) mass is 500 g/mol. The van der Waals surface area contributed by atoms with Crippen molar-refractivity contribution < 1.29 is 22.2 Å². The second kappa shape index (κ2) is 8.85. The minimum Gasteiger partial charge on any atom is -0.366 e. The van der Waals surface area contributed by atoms with Gasteiger partial charge in [-0.3, -0.25) is 0 Å². The Labute approximate surface area is 201 Å². The number of benzene rings is 3. The molecule has 1 aliphatic rings. The maximum Gasteiger partial charge on any atom is 0.214 e. The SMILES string of the molecule is O=S(=O)(c1ccc(Cl)cc1)c1c[nH+]c2ccc(F)cc2c1N1CCN(c2ccccc2F)CC1. The number of fused-ring (bicyclic) bond motifs is 1. The lowest BCUT2D eigenvalue weighted by Crippen LogP contribution is -2.47. The summed E-state index contributed by atoms with van der Waals surface area (Å²) in [4.78, 5) is 6.99. The predicted molar refractivity (Wildman–Crippen MR) is 128 cm³/mol. The molecule has 5 nitrogen and oxygen atoms in total. The van der Waals surface area contributed by atoms with Crippen LogP contribution in [0.25, 0.3) is 10.9 Å². The van der Waals surface area contributed by atoms with E-state index < -0.39 is 15.7 Å². The zero-order valence-corrected chi connectivity index (χ0v) is 19.6. The summed E-state index contributed by atoms with van der Waals surface area (Å²) in [5.74, 6) is -0.767. The molecule has 0 atom stereocenters. The molecule has 0 radical (unpaired) electrons. The zero-order chi connectivity index (χ0) is 23.9. The van der Waals surface area contributed by atoms with Crippen LogP contribution in [0.5, 0.6) is 0 Å². The minimum atomic E-state index is -3.94. The van der Waals surface area contributed by atoms with Gasteiger partial charge in [0.15, 0.2) is 11.1 Å². The van der Waals surface area contributed by atoms with E-state index in [1.165, 1.54) is 48.7 Å². The number of nitrogens with zero attached hydrogens (tertiary/aromatic N) is 2. The Morgan fingerprint density at radius 3 is 2.24 bits per heavy atom. The normalized spacial score (nSPS) is 14.6. The largest absolute Gasteiger partial charge is 0.366 e. The van der Waals surface area contributed by atoms with E-state index in [4.69, 9.17) is 11.6 Å². The van der Waals surface area contributed by atoms with Gasteiger partial charge in [0, 0.05) is 37.3 Å². The number of nitrogens with one attached hydrogen (secondary N) is 1. The van der Waals surface area contributed by atoms with E-state index in [0.717, 1.165) is 0 Å². The van der Waals surface area contributed by atoms with Crippen molar-refractivity contribution in [1.29, 1.82) is 0 Å². The van der Waals surface area contributed by atoms with E-state index >= 15 is 0 Å². The molecule has 9 heteroatoms. The number of piperazine rings is 1. The van der Waals surface area contributed by atoms with Crippen LogP contribution in [0.15, 0.2) is 82.7 Å². The molecular formula is C25H21ClF2N3O2S+. The molecule has 0 unspecified atom stereocenters. The van der Waals surface area contributed by atoms with Crippen molar-refractivity contribution in [3.8, 4) is 0 Å². The van der Waals surface area contributed by atoms with Gasteiger partial charge in [-0.1, -0.05) is 23.7 Å². The molecule has 174 valence electrons. The molecule has 0 amide bonds. The maximum atomic E-state index is 14.3. The van der Waals surface area contributed by atoms with Crippen molar-refractivity contribution in [1.82, 2.24) is 0 Å². The third-order valence-corrected chi connectivity index (χ3v) is 8.07. The molecule has 5 rings (SSSR count). The first-order valence-electron chi connectivity index (χ1n) is 10.7. The summed E-state index contributed by atoms with van der Waals surface area (Å²) in [7, 11) is -3.94. The average molecular weight is 501 g/mol. The molecule has 0 spiro atoms. The van der Waals surface area contributed by atoms with Gasteiger partial charge < -0.3 is 9.80 Å². The Bertz CT molecular complexity index is 1470. The van der Waals surface area contributed by atoms with Gasteiger partial charge in [-0.2, -0.15) is 0 Å². The van der Waals surface area contributed by atoms with Gasteiger partial charge in [-0.25, -0.2) is 22.2 Å². The van der Waals surface area contributed by atoms with Gasteiger partial charge in [0.05, 0.1) is 21.7 Å². The number of aromatic amines is 1. The Morgan fingerprint density at radius 1 is 0.853 bits per heavy atom. The molecule has 4 aromatic rings. The van der Waals surface area contributed by atoms with Crippen molar-refractivity contribution in [2.24, 2.45) is 0 Å². The minimum absolute atomic E-state index is 0.0484. The van der Waals surface area contributed by atoms with Crippen LogP contribution >= 0.6 is 11.6 Å². The fraction of sp³-hybridized carbons (Fsp3) is 0.160. The number of hydrogen-bond donors (Lipinski definition) is 0. The van der Waals surface area contributed by atoms with E-state index in [9.17, 15) is 17.2 Å². The van der Waals surface area contributed by atoms with Crippen LogP contribution in [0, 0.1) is 11.6 Å². The Morgan fingerprint density at radius 2 is 1.53 bits per heavy atom. The lowest BCUT2D eigenvalue weighted by molar-refractivity contribution is -0.347. The molecular weight excluding hydrogens is 480 g/mol. The van der Waals surface area contributed by atoms with Crippen LogP contribution in [-0.2, 0) is 9.84 Å². The van der Waals surface area contributed by atoms with Crippen molar-refractivity contribution >= 4 is 43.7 Å². The van der Waals surface area contributed by atoms with Crippen molar-refractivity contribution in [2.75, 3.05) is 36.0 Å². The molecule has 1 saturated heterocycles. The first-order chi connectivity index (χ1) is 16.3. The summed E-state index contributed by atoms with van der Waals surface area (Å²) >= 11 is 5.95. The standard InChI is InChI=1S/C25H20ClF2N3O2S/c26-17-5-8-19(9-6-17)34(32,33)24-16-29-22-10-7-18(27)15-20(22)25(24)31-13-11-30(12-14-31)23-4-2-1-3-21(23)28/h1-10,15-16H,11-14H2/p+1. The summed E-state index contributed by atoms with van der Waals surface area (Å²) in [6, 6.07) is 16.8. The van der Waals surface area contributed by atoms with Gasteiger partial charge in [0.25, 0.3) is 0 Å². The fourth-order valence-electron chi connectivity index (χ4n) is 4.33. The first kappa shape index (κ1) is 22.6. The molecule has 1 aliphatic heterocycles. The molecule has 0 saturated carbocycles. The summed E-state index contributed by atoms with van der Waals surface area (Å²) < 4.78 is 55.8. The summed E-state index contributed by atoms with van der Waals surface area (Å²) in [5, 5.41) is 0.893. The lowest BCUT2D eigenvalue weighted by Gasteiger charge is -2.38. The second-order valence-electron chi connectivity index (χ2n) is 8.07. The number of anilines is 2. The van der Waals surface area contributed by atoms with Crippen LogP contribution in [0.1, 0.15) is 0 Å². The highest BCUT2D eigenvalue weighted by Gasteiger charge is 2.31. The van der Waals surface area contributed by atoms with Gasteiger partial charge >= 0.3 is 0 Å². The van der Waals surface area contributed by atoms with Crippen LogP contribution in [0.3, 0.4) is 0 Å². The highest BCUT2D eigenvalue weighted by Crippen LogP contribution is 2.36. The molecule has 0 bridgehead atoms. The quantitative estimate of drug-likeness (QED) is 0.406. The number of rotatable bonds is 4. The molecule has 1 N–H and O–H groups in total. The number of hydrogen-bond acceptors (Lipinski definition) is 4.